The average molecular weight is 424 g/mol. The number of carbonyl (C=O) groups is 2. The number of aryl methyl sites for hydroxylation is 1. The van der Waals surface area contributed by atoms with Gasteiger partial charge < -0.3 is 14.8 Å². The van der Waals surface area contributed by atoms with Crippen molar-refractivity contribution in [1.82, 2.24) is 14.8 Å². The molecule has 5 nitrogen and oxygen atoms in total. The number of nitrogens with one attached hydrogen (secondary N) is 1. The van der Waals surface area contributed by atoms with E-state index in [2.05, 4.69) is 48.3 Å². The first-order valence-corrected chi connectivity index (χ1v) is 10.7. The first kappa shape index (κ1) is 20.1. The first-order chi connectivity index (χ1) is 15.5. The van der Waals surface area contributed by atoms with Crippen LogP contribution < -0.4 is 0 Å². The van der Waals surface area contributed by atoms with Crippen LogP contribution in [0.1, 0.15) is 33.1 Å². The fourth-order valence-corrected chi connectivity index (χ4v) is 4.53. The van der Waals surface area contributed by atoms with Crippen molar-refractivity contribution in [2.45, 2.75) is 13.0 Å². The van der Waals surface area contributed by atoms with E-state index in [9.17, 15) is 9.59 Å². The molecule has 0 saturated heterocycles. The Bertz CT molecular complexity index is 1330. The summed E-state index contributed by atoms with van der Waals surface area (Å²) in [4.78, 5) is 33.0. The Kier molecular flexibility index (Phi) is 4.82. The van der Waals surface area contributed by atoms with Crippen molar-refractivity contribution in [2.75, 3.05) is 20.6 Å². The first-order valence-electron chi connectivity index (χ1n) is 10.7. The fourth-order valence-electron chi connectivity index (χ4n) is 4.53. The molecule has 0 fully saturated rings. The summed E-state index contributed by atoms with van der Waals surface area (Å²) in [6, 6.07) is 23.8. The van der Waals surface area contributed by atoms with E-state index < -0.39 is 0 Å². The molecular formula is C27H25N3O2. The Morgan fingerprint density at radius 2 is 1.66 bits per heavy atom. The summed E-state index contributed by atoms with van der Waals surface area (Å²) in [7, 11) is 3.43. The molecule has 2 amide bonds. The quantitative estimate of drug-likeness (QED) is 0.514. The minimum atomic E-state index is -0.352. The van der Waals surface area contributed by atoms with Crippen LogP contribution in [0, 0.1) is 6.92 Å². The Morgan fingerprint density at radius 3 is 2.41 bits per heavy atom. The largest absolute Gasteiger partial charge is 0.354 e. The van der Waals surface area contributed by atoms with Gasteiger partial charge in [-0.3, -0.25) is 9.59 Å². The van der Waals surface area contributed by atoms with Crippen LogP contribution in [0.15, 0.2) is 72.8 Å². The molecule has 1 aliphatic rings. The van der Waals surface area contributed by atoms with Gasteiger partial charge in [0, 0.05) is 36.1 Å². The van der Waals surface area contributed by atoms with E-state index in [1.54, 1.807) is 19.0 Å². The van der Waals surface area contributed by atoms with Crippen LogP contribution >= 0.6 is 0 Å². The summed E-state index contributed by atoms with van der Waals surface area (Å²) in [6.45, 7) is 2.09. The molecule has 0 aliphatic carbocycles. The van der Waals surface area contributed by atoms with Crippen LogP contribution in [0.3, 0.4) is 0 Å². The summed E-state index contributed by atoms with van der Waals surface area (Å²) < 4.78 is 0. The molecular weight excluding hydrogens is 398 g/mol. The highest BCUT2D eigenvalue weighted by molar-refractivity contribution is 6.03. The number of nitrogens with zero attached hydrogens (tertiary/aromatic N) is 2. The molecule has 0 saturated carbocycles. The summed E-state index contributed by atoms with van der Waals surface area (Å²) in [5.74, 6) is -0.214. The fraction of sp³-hybridized carbons (Fsp3) is 0.185. The van der Waals surface area contributed by atoms with Gasteiger partial charge in [0.2, 0.25) is 5.91 Å². The van der Waals surface area contributed by atoms with Gasteiger partial charge in [0.05, 0.1) is 11.7 Å². The predicted molar refractivity (Wildman–Crippen MR) is 126 cm³/mol. The van der Waals surface area contributed by atoms with Crippen molar-refractivity contribution >= 4 is 22.7 Å². The maximum atomic E-state index is 13.4. The Morgan fingerprint density at radius 1 is 0.969 bits per heavy atom. The van der Waals surface area contributed by atoms with Crippen molar-refractivity contribution in [3.05, 3.63) is 95.1 Å². The second kappa shape index (κ2) is 7.68. The zero-order chi connectivity index (χ0) is 22.4. The number of fused-ring (bicyclic) bond motifs is 2. The lowest BCUT2D eigenvalue weighted by molar-refractivity contribution is -0.129. The standard InChI is InChI=1S/C27H25N3O2/c1-17-12-14-18(15-13-17)25-24(21-10-6-7-11-22(21)28-25)26-19-8-4-5-9-20(19)27(32)30(26)16-23(31)29(2)3/h4-15,26,28H,16H2,1-3H3/t26-/m0/s1. The van der Waals surface area contributed by atoms with Crippen LogP contribution in [0.4, 0.5) is 0 Å². The van der Waals surface area contributed by atoms with Crippen molar-refractivity contribution in [1.29, 1.82) is 0 Å². The molecule has 1 N–H and O–H groups in total. The number of carbonyl (C=O) groups excluding carboxylic acids is 2. The second-order valence-corrected chi connectivity index (χ2v) is 8.54. The van der Waals surface area contributed by atoms with Crippen molar-refractivity contribution < 1.29 is 9.59 Å². The number of amides is 2. The number of hydrogen-bond donors (Lipinski definition) is 1. The molecule has 32 heavy (non-hydrogen) atoms. The van der Waals surface area contributed by atoms with Gasteiger partial charge >= 0.3 is 0 Å². The van der Waals surface area contributed by atoms with Crippen LogP contribution in [0.25, 0.3) is 22.2 Å². The lowest BCUT2D eigenvalue weighted by Crippen LogP contribution is -2.39. The molecule has 0 unspecified atom stereocenters. The average Bonchev–Trinajstić information content (AvgIpc) is 3.30. The predicted octanol–water partition coefficient (Wildman–Crippen LogP) is 4.78. The van der Waals surface area contributed by atoms with Crippen LogP contribution in [0.5, 0.6) is 0 Å². The molecule has 1 aromatic heterocycles. The molecule has 1 atom stereocenters. The number of hydrogen-bond acceptors (Lipinski definition) is 2. The molecule has 0 bridgehead atoms. The normalized spacial score (nSPS) is 15.3. The minimum Gasteiger partial charge on any atom is -0.354 e. The maximum absolute atomic E-state index is 13.4. The summed E-state index contributed by atoms with van der Waals surface area (Å²) in [5.41, 5.74) is 6.83. The molecule has 4 aromatic rings. The third kappa shape index (κ3) is 3.17. The zero-order valence-electron chi connectivity index (χ0n) is 18.4. The Hall–Kier alpha value is -3.86. The van der Waals surface area contributed by atoms with E-state index in [1.165, 1.54) is 10.5 Å². The summed E-state index contributed by atoms with van der Waals surface area (Å²) in [6.07, 6.45) is 0. The van der Waals surface area contributed by atoms with Gasteiger partial charge in [-0.25, -0.2) is 0 Å². The van der Waals surface area contributed by atoms with E-state index >= 15 is 0 Å². The number of para-hydroxylation sites is 1. The van der Waals surface area contributed by atoms with Gasteiger partial charge in [0.25, 0.3) is 5.91 Å². The van der Waals surface area contributed by atoms with E-state index in [0.29, 0.717) is 5.56 Å². The molecule has 1 aliphatic heterocycles. The van der Waals surface area contributed by atoms with E-state index in [4.69, 9.17) is 0 Å². The van der Waals surface area contributed by atoms with E-state index in [-0.39, 0.29) is 24.4 Å². The van der Waals surface area contributed by atoms with Gasteiger partial charge in [-0.05, 0) is 30.2 Å². The number of benzene rings is 3. The molecule has 5 rings (SSSR count). The smallest absolute Gasteiger partial charge is 0.255 e. The van der Waals surface area contributed by atoms with Crippen LogP contribution in [-0.4, -0.2) is 47.2 Å². The van der Waals surface area contributed by atoms with E-state index in [0.717, 1.165) is 33.3 Å². The second-order valence-electron chi connectivity index (χ2n) is 8.54. The van der Waals surface area contributed by atoms with Gasteiger partial charge in [-0.1, -0.05) is 66.2 Å². The zero-order valence-corrected chi connectivity index (χ0v) is 18.4. The highest BCUT2D eigenvalue weighted by Gasteiger charge is 2.41. The summed E-state index contributed by atoms with van der Waals surface area (Å²) >= 11 is 0. The van der Waals surface area contributed by atoms with Crippen LogP contribution in [-0.2, 0) is 4.79 Å². The topological polar surface area (TPSA) is 56.4 Å². The number of aromatic amines is 1. The van der Waals surface area contributed by atoms with E-state index in [1.807, 2.05) is 36.4 Å². The minimum absolute atomic E-state index is 0.0258. The van der Waals surface area contributed by atoms with Crippen LogP contribution in [0.2, 0.25) is 0 Å². The maximum Gasteiger partial charge on any atom is 0.255 e. The number of aromatic nitrogens is 1. The molecule has 5 heteroatoms. The Balaban J connectivity index is 1.77. The third-order valence-corrected chi connectivity index (χ3v) is 6.22. The molecule has 0 spiro atoms. The van der Waals surface area contributed by atoms with Crippen molar-refractivity contribution in [3.8, 4) is 11.3 Å². The molecule has 2 heterocycles. The number of H-pyrrole nitrogens is 1. The number of rotatable bonds is 4. The lowest BCUT2D eigenvalue weighted by Gasteiger charge is -2.27. The van der Waals surface area contributed by atoms with Gasteiger partial charge in [0.1, 0.15) is 6.54 Å². The lowest BCUT2D eigenvalue weighted by atomic mass is 9.93. The SMILES string of the molecule is Cc1ccc(-c2[nH]c3ccccc3c2[C@@H]2c3ccccc3C(=O)N2CC(=O)N(C)C)cc1. The van der Waals surface area contributed by atoms with Gasteiger partial charge in [-0.2, -0.15) is 0 Å². The molecule has 0 radical (unpaired) electrons. The molecule has 160 valence electrons. The monoisotopic (exact) mass is 423 g/mol. The van der Waals surface area contributed by atoms with Crippen molar-refractivity contribution in [3.63, 3.8) is 0 Å². The van der Waals surface area contributed by atoms with Crippen molar-refractivity contribution in [2.24, 2.45) is 0 Å². The highest BCUT2D eigenvalue weighted by Crippen LogP contribution is 2.45. The summed E-state index contributed by atoms with van der Waals surface area (Å²) in [5, 5.41) is 1.06. The van der Waals surface area contributed by atoms with Gasteiger partial charge in [0.15, 0.2) is 0 Å². The third-order valence-electron chi connectivity index (χ3n) is 6.22. The Labute approximate surface area is 187 Å². The molecule has 3 aromatic carbocycles. The number of likely N-dealkylation sites (N-methyl/N-ethyl adjacent to an activating group) is 1. The highest BCUT2D eigenvalue weighted by atomic mass is 16.2. The van der Waals surface area contributed by atoms with Gasteiger partial charge in [-0.15, -0.1) is 0 Å².